The van der Waals surface area contributed by atoms with E-state index in [1.807, 2.05) is 11.0 Å². The molecule has 116 valence electrons. The second kappa shape index (κ2) is 6.89. The number of pyridine rings is 1. The number of nitrogens with zero attached hydrogens (tertiary/aromatic N) is 3. The minimum Gasteiger partial charge on any atom is -0.397 e. The van der Waals surface area contributed by atoms with Gasteiger partial charge in [-0.15, -0.1) is 11.3 Å². The van der Waals surface area contributed by atoms with E-state index < -0.39 is 0 Å². The number of nitrogens with two attached hydrogens (primary N) is 1. The number of amides is 1. The molecule has 1 aliphatic rings. The number of nitrogen functional groups attached to an aromatic ring is 1. The zero-order chi connectivity index (χ0) is 15.4. The van der Waals surface area contributed by atoms with E-state index in [0.29, 0.717) is 12.1 Å². The van der Waals surface area contributed by atoms with Crippen molar-refractivity contribution in [3.63, 3.8) is 0 Å². The highest BCUT2D eigenvalue weighted by atomic mass is 32.1. The predicted octanol–water partition coefficient (Wildman–Crippen LogP) is 1.61. The second-order valence-corrected chi connectivity index (χ2v) is 6.53. The number of thiophene rings is 1. The summed E-state index contributed by atoms with van der Waals surface area (Å²) in [4.78, 5) is 22.2. The standard InChI is InChI=1S/C16H20N4OS/c17-13-3-4-14(18-11-13)10-16(21)20-7-5-19(6-8-20)12-15-2-1-9-22-15/h1-4,9,11H,5-8,10,12,17H2. The molecule has 22 heavy (non-hydrogen) atoms. The molecule has 0 aliphatic carbocycles. The number of rotatable bonds is 4. The van der Waals surface area contributed by atoms with Crippen LogP contribution in [0.2, 0.25) is 0 Å². The molecule has 1 aliphatic heterocycles. The van der Waals surface area contributed by atoms with E-state index in [-0.39, 0.29) is 5.91 Å². The van der Waals surface area contributed by atoms with Gasteiger partial charge >= 0.3 is 0 Å². The van der Waals surface area contributed by atoms with Crippen LogP contribution < -0.4 is 5.73 Å². The monoisotopic (exact) mass is 316 g/mol. The molecule has 0 unspecified atom stereocenters. The molecule has 1 fully saturated rings. The molecule has 2 aromatic heterocycles. The molecule has 0 saturated carbocycles. The summed E-state index contributed by atoms with van der Waals surface area (Å²) in [5.74, 6) is 0.146. The lowest BCUT2D eigenvalue weighted by atomic mass is 10.2. The van der Waals surface area contributed by atoms with Gasteiger partial charge < -0.3 is 10.6 Å². The van der Waals surface area contributed by atoms with Crippen LogP contribution in [-0.2, 0) is 17.8 Å². The summed E-state index contributed by atoms with van der Waals surface area (Å²) in [7, 11) is 0. The second-order valence-electron chi connectivity index (χ2n) is 5.50. The third-order valence-corrected chi connectivity index (χ3v) is 4.73. The van der Waals surface area contributed by atoms with E-state index in [9.17, 15) is 4.79 Å². The summed E-state index contributed by atoms with van der Waals surface area (Å²) in [5, 5.41) is 2.11. The van der Waals surface area contributed by atoms with E-state index in [1.54, 1.807) is 23.6 Å². The van der Waals surface area contributed by atoms with Crippen molar-refractivity contribution in [2.45, 2.75) is 13.0 Å². The van der Waals surface area contributed by atoms with Crippen LogP contribution in [0.4, 0.5) is 5.69 Å². The molecule has 3 heterocycles. The predicted molar refractivity (Wildman–Crippen MR) is 88.5 cm³/mol. The topological polar surface area (TPSA) is 62.5 Å². The van der Waals surface area contributed by atoms with Gasteiger partial charge in [0, 0.05) is 43.3 Å². The largest absolute Gasteiger partial charge is 0.397 e. The number of carbonyl (C=O) groups is 1. The van der Waals surface area contributed by atoms with E-state index >= 15 is 0 Å². The van der Waals surface area contributed by atoms with Gasteiger partial charge in [0.1, 0.15) is 0 Å². The summed E-state index contributed by atoms with van der Waals surface area (Å²) in [6.07, 6.45) is 1.95. The fourth-order valence-corrected chi connectivity index (χ4v) is 3.33. The van der Waals surface area contributed by atoms with Gasteiger partial charge in [-0.05, 0) is 23.6 Å². The summed E-state index contributed by atoms with van der Waals surface area (Å²) in [5.41, 5.74) is 7.01. The minimum absolute atomic E-state index is 0.146. The fourth-order valence-electron chi connectivity index (χ4n) is 2.59. The Balaban J connectivity index is 1.48. The molecule has 2 N–H and O–H groups in total. The van der Waals surface area contributed by atoms with Gasteiger partial charge in [-0.25, -0.2) is 0 Å². The number of piperazine rings is 1. The molecule has 3 rings (SSSR count). The number of aromatic nitrogens is 1. The average Bonchev–Trinajstić information content (AvgIpc) is 3.03. The minimum atomic E-state index is 0.146. The molecular formula is C16H20N4OS. The molecule has 6 heteroatoms. The van der Waals surface area contributed by atoms with Crippen LogP contribution in [0.15, 0.2) is 35.8 Å². The fraction of sp³-hybridized carbons (Fsp3) is 0.375. The highest BCUT2D eigenvalue weighted by molar-refractivity contribution is 7.09. The Morgan fingerprint density at radius 1 is 1.23 bits per heavy atom. The van der Waals surface area contributed by atoms with Crippen LogP contribution in [0.3, 0.4) is 0 Å². The van der Waals surface area contributed by atoms with Crippen molar-refractivity contribution in [2.75, 3.05) is 31.9 Å². The molecule has 0 atom stereocenters. The summed E-state index contributed by atoms with van der Waals surface area (Å²) in [6, 6.07) is 7.85. The summed E-state index contributed by atoms with van der Waals surface area (Å²) in [6.45, 7) is 4.43. The Kier molecular flexibility index (Phi) is 4.70. The molecule has 5 nitrogen and oxygen atoms in total. The smallest absolute Gasteiger partial charge is 0.228 e. The number of anilines is 1. The van der Waals surface area contributed by atoms with Gasteiger partial charge in [0.05, 0.1) is 18.3 Å². The van der Waals surface area contributed by atoms with Gasteiger partial charge in [-0.1, -0.05) is 6.07 Å². The van der Waals surface area contributed by atoms with Crippen LogP contribution >= 0.6 is 11.3 Å². The maximum Gasteiger partial charge on any atom is 0.228 e. The van der Waals surface area contributed by atoms with Crippen molar-refractivity contribution >= 4 is 22.9 Å². The third kappa shape index (κ3) is 3.84. The molecule has 1 saturated heterocycles. The number of carbonyl (C=O) groups excluding carboxylic acids is 1. The van der Waals surface area contributed by atoms with Crippen LogP contribution in [-0.4, -0.2) is 46.9 Å². The molecule has 0 bridgehead atoms. The van der Waals surface area contributed by atoms with Crippen molar-refractivity contribution in [1.82, 2.24) is 14.8 Å². The van der Waals surface area contributed by atoms with Crippen LogP contribution in [0.5, 0.6) is 0 Å². The number of hydrogen-bond donors (Lipinski definition) is 1. The Morgan fingerprint density at radius 3 is 2.68 bits per heavy atom. The van der Waals surface area contributed by atoms with E-state index in [4.69, 9.17) is 5.73 Å². The molecule has 1 amide bonds. The van der Waals surface area contributed by atoms with Gasteiger partial charge in [-0.2, -0.15) is 0 Å². The maximum atomic E-state index is 12.3. The highest BCUT2D eigenvalue weighted by Crippen LogP contribution is 2.14. The van der Waals surface area contributed by atoms with Gasteiger partial charge in [-0.3, -0.25) is 14.7 Å². The van der Waals surface area contributed by atoms with Crippen LogP contribution in [0.1, 0.15) is 10.6 Å². The molecular weight excluding hydrogens is 296 g/mol. The molecule has 0 radical (unpaired) electrons. The van der Waals surface area contributed by atoms with Gasteiger partial charge in [0.15, 0.2) is 0 Å². The van der Waals surface area contributed by atoms with Crippen molar-refractivity contribution in [3.05, 3.63) is 46.4 Å². The SMILES string of the molecule is Nc1ccc(CC(=O)N2CCN(Cc3cccs3)CC2)nc1. The Bertz CT molecular complexity index is 604. The van der Waals surface area contributed by atoms with Gasteiger partial charge in [0.25, 0.3) is 0 Å². The van der Waals surface area contributed by atoms with E-state index in [1.165, 1.54) is 4.88 Å². The Hall–Kier alpha value is -1.92. The summed E-state index contributed by atoms with van der Waals surface area (Å²) < 4.78 is 0. The van der Waals surface area contributed by atoms with Crippen molar-refractivity contribution in [3.8, 4) is 0 Å². The van der Waals surface area contributed by atoms with E-state index in [0.717, 1.165) is 38.4 Å². The summed E-state index contributed by atoms with van der Waals surface area (Å²) >= 11 is 1.79. The third-order valence-electron chi connectivity index (χ3n) is 3.86. The van der Waals surface area contributed by atoms with Crippen molar-refractivity contribution < 1.29 is 4.79 Å². The lowest BCUT2D eigenvalue weighted by molar-refractivity contribution is -0.132. The zero-order valence-corrected chi connectivity index (χ0v) is 13.3. The lowest BCUT2D eigenvalue weighted by Crippen LogP contribution is -2.48. The van der Waals surface area contributed by atoms with Crippen LogP contribution in [0, 0.1) is 0 Å². The first-order valence-electron chi connectivity index (χ1n) is 7.43. The Morgan fingerprint density at radius 2 is 2.05 bits per heavy atom. The van der Waals surface area contributed by atoms with E-state index in [2.05, 4.69) is 27.4 Å². The highest BCUT2D eigenvalue weighted by Gasteiger charge is 2.21. The molecule has 0 spiro atoms. The first-order valence-corrected chi connectivity index (χ1v) is 8.31. The first kappa shape index (κ1) is 15.0. The lowest BCUT2D eigenvalue weighted by Gasteiger charge is -2.34. The first-order chi connectivity index (χ1) is 10.7. The Labute approximate surface area is 134 Å². The molecule has 0 aromatic carbocycles. The van der Waals surface area contributed by atoms with Crippen molar-refractivity contribution in [1.29, 1.82) is 0 Å². The van der Waals surface area contributed by atoms with Crippen LogP contribution in [0.25, 0.3) is 0 Å². The van der Waals surface area contributed by atoms with Gasteiger partial charge in [0.2, 0.25) is 5.91 Å². The zero-order valence-electron chi connectivity index (χ0n) is 12.4. The molecule has 2 aromatic rings. The average molecular weight is 316 g/mol. The van der Waals surface area contributed by atoms with Crippen molar-refractivity contribution in [2.24, 2.45) is 0 Å². The normalized spacial score (nSPS) is 15.9. The maximum absolute atomic E-state index is 12.3. The quantitative estimate of drug-likeness (QED) is 0.931. The number of hydrogen-bond acceptors (Lipinski definition) is 5.